The highest BCUT2D eigenvalue weighted by Crippen LogP contribution is 2.17. The highest BCUT2D eigenvalue weighted by molar-refractivity contribution is 9.10. The number of nitrogens with one attached hydrogen (secondary N) is 1. The molecule has 1 aliphatic heterocycles. The molecular formula is C12H15BrN4O2. The Labute approximate surface area is 120 Å². The van der Waals surface area contributed by atoms with Crippen molar-refractivity contribution in [1.29, 1.82) is 0 Å². The van der Waals surface area contributed by atoms with E-state index in [4.69, 9.17) is 4.74 Å². The van der Waals surface area contributed by atoms with Crippen LogP contribution in [0.1, 0.15) is 10.5 Å². The number of morpholine rings is 1. The molecule has 0 saturated carbocycles. The van der Waals surface area contributed by atoms with Crippen LogP contribution in [0.5, 0.6) is 0 Å². The van der Waals surface area contributed by atoms with E-state index in [-0.39, 0.29) is 5.91 Å². The summed E-state index contributed by atoms with van der Waals surface area (Å²) < 4.78 is 5.85. The Kier molecular flexibility index (Phi) is 4.86. The number of carbonyl (C=O) groups is 1. The van der Waals surface area contributed by atoms with Crippen LogP contribution in [0.15, 0.2) is 23.3 Å². The molecule has 0 atom stereocenters. The molecule has 2 heterocycles. The normalized spacial score (nSPS) is 15.1. The van der Waals surface area contributed by atoms with Crippen LogP contribution in [-0.2, 0) is 4.74 Å². The van der Waals surface area contributed by atoms with Gasteiger partial charge in [-0.1, -0.05) is 6.08 Å². The topological polar surface area (TPSA) is 67.4 Å². The predicted molar refractivity (Wildman–Crippen MR) is 75.3 cm³/mol. The summed E-state index contributed by atoms with van der Waals surface area (Å²) in [4.78, 5) is 22.5. The van der Waals surface area contributed by atoms with E-state index in [0.29, 0.717) is 35.9 Å². The minimum absolute atomic E-state index is 0.247. The second-order valence-electron chi connectivity index (χ2n) is 3.96. The highest BCUT2D eigenvalue weighted by Gasteiger charge is 2.18. The molecule has 0 bridgehead atoms. The molecule has 0 unspecified atom stereocenters. The van der Waals surface area contributed by atoms with Gasteiger partial charge in [-0.2, -0.15) is 0 Å². The lowest BCUT2D eigenvalue weighted by Gasteiger charge is -2.26. The van der Waals surface area contributed by atoms with Gasteiger partial charge in [0.15, 0.2) is 0 Å². The van der Waals surface area contributed by atoms with Gasteiger partial charge in [0, 0.05) is 25.8 Å². The van der Waals surface area contributed by atoms with Crippen molar-refractivity contribution in [1.82, 2.24) is 15.3 Å². The number of nitrogens with zero attached hydrogens (tertiary/aromatic N) is 3. The molecule has 0 aliphatic carbocycles. The first kappa shape index (κ1) is 14.0. The molecule has 1 amide bonds. The first-order valence-electron chi connectivity index (χ1n) is 5.96. The second-order valence-corrected chi connectivity index (χ2v) is 4.82. The maximum Gasteiger partial charge on any atom is 0.271 e. The van der Waals surface area contributed by atoms with Crippen molar-refractivity contribution in [3.05, 3.63) is 29.0 Å². The maximum atomic E-state index is 11.9. The Morgan fingerprint density at radius 2 is 2.32 bits per heavy atom. The Balaban J connectivity index is 2.18. The summed E-state index contributed by atoms with van der Waals surface area (Å²) in [7, 11) is 0. The predicted octanol–water partition coefficient (Wildman–Crippen LogP) is 0.992. The number of aromatic nitrogens is 2. The van der Waals surface area contributed by atoms with Crippen LogP contribution in [0.2, 0.25) is 0 Å². The van der Waals surface area contributed by atoms with Crippen LogP contribution in [-0.4, -0.2) is 48.7 Å². The second kappa shape index (κ2) is 6.63. The van der Waals surface area contributed by atoms with E-state index in [0.717, 1.165) is 13.1 Å². The van der Waals surface area contributed by atoms with Gasteiger partial charge in [0.1, 0.15) is 5.69 Å². The summed E-state index contributed by atoms with van der Waals surface area (Å²) in [5.74, 6) is 0.305. The first-order valence-corrected chi connectivity index (χ1v) is 6.76. The molecule has 0 radical (unpaired) electrons. The summed E-state index contributed by atoms with van der Waals surface area (Å²) in [6.45, 7) is 6.73. The number of carbonyl (C=O) groups excluding carboxylic acids is 1. The zero-order chi connectivity index (χ0) is 13.7. The molecule has 1 aromatic heterocycles. The lowest BCUT2D eigenvalue weighted by Crippen LogP contribution is -2.38. The molecule has 1 aromatic rings. The van der Waals surface area contributed by atoms with Crippen LogP contribution in [0, 0.1) is 0 Å². The average Bonchev–Trinajstić information content (AvgIpc) is 2.46. The molecule has 1 saturated heterocycles. The zero-order valence-corrected chi connectivity index (χ0v) is 12.0. The summed E-state index contributed by atoms with van der Waals surface area (Å²) in [6, 6.07) is 0. The van der Waals surface area contributed by atoms with Crippen molar-refractivity contribution >= 4 is 27.8 Å². The molecule has 102 valence electrons. The maximum absolute atomic E-state index is 11.9. The molecule has 1 N–H and O–H groups in total. The number of hydrogen-bond donors (Lipinski definition) is 1. The number of anilines is 1. The van der Waals surface area contributed by atoms with E-state index in [2.05, 4.69) is 37.8 Å². The van der Waals surface area contributed by atoms with E-state index in [1.807, 2.05) is 4.90 Å². The molecule has 7 heteroatoms. The quantitative estimate of drug-likeness (QED) is 0.836. The molecule has 1 fully saturated rings. The van der Waals surface area contributed by atoms with E-state index in [1.165, 1.54) is 0 Å². The number of amides is 1. The molecule has 6 nitrogen and oxygen atoms in total. The minimum Gasteiger partial charge on any atom is -0.378 e. The van der Waals surface area contributed by atoms with Gasteiger partial charge in [0.2, 0.25) is 5.95 Å². The van der Waals surface area contributed by atoms with Gasteiger partial charge in [0.05, 0.1) is 17.7 Å². The minimum atomic E-state index is -0.247. The molecular weight excluding hydrogens is 312 g/mol. The van der Waals surface area contributed by atoms with Crippen molar-refractivity contribution < 1.29 is 9.53 Å². The van der Waals surface area contributed by atoms with Crippen molar-refractivity contribution in [3.8, 4) is 0 Å². The Morgan fingerprint density at radius 3 is 3.00 bits per heavy atom. The fourth-order valence-electron chi connectivity index (χ4n) is 1.68. The van der Waals surface area contributed by atoms with Gasteiger partial charge in [-0.15, -0.1) is 6.58 Å². The first-order chi connectivity index (χ1) is 9.22. The van der Waals surface area contributed by atoms with E-state index >= 15 is 0 Å². The van der Waals surface area contributed by atoms with Crippen LogP contribution >= 0.6 is 15.9 Å². The summed E-state index contributed by atoms with van der Waals surface area (Å²) in [6.07, 6.45) is 3.22. The Hall–Kier alpha value is -1.47. The smallest absolute Gasteiger partial charge is 0.271 e. The third-order valence-corrected chi connectivity index (χ3v) is 3.23. The van der Waals surface area contributed by atoms with Crippen LogP contribution < -0.4 is 10.2 Å². The Bertz CT molecular complexity index is 475. The van der Waals surface area contributed by atoms with Gasteiger partial charge in [-0.3, -0.25) is 4.79 Å². The van der Waals surface area contributed by atoms with E-state index in [9.17, 15) is 4.79 Å². The monoisotopic (exact) mass is 326 g/mol. The summed E-state index contributed by atoms with van der Waals surface area (Å²) in [5, 5.41) is 2.70. The van der Waals surface area contributed by atoms with Gasteiger partial charge in [0.25, 0.3) is 5.91 Å². The van der Waals surface area contributed by atoms with Gasteiger partial charge < -0.3 is 15.0 Å². The lowest BCUT2D eigenvalue weighted by atomic mass is 10.3. The van der Waals surface area contributed by atoms with Crippen LogP contribution in [0.25, 0.3) is 0 Å². The van der Waals surface area contributed by atoms with Gasteiger partial charge in [-0.25, -0.2) is 9.97 Å². The Morgan fingerprint density at radius 1 is 1.58 bits per heavy atom. The van der Waals surface area contributed by atoms with Crippen molar-refractivity contribution in [2.24, 2.45) is 0 Å². The summed E-state index contributed by atoms with van der Waals surface area (Å²) >= 11 is 3.29. The number of ether oxygens (including phenoxy) is 1. The third kappa shape index (κ3) is 3.51. The highest BCUT2D eigenvalue weighted by atomic mass is 79.9. The fraction of sp³-hybridized carbons (Fsp3) is 0.417. The van der Waals surface area contributed by atoms with E-state index < -0.39 is 0 Å². The lowest BCUT2D eigenvalue weighted by molar-refractivity contribution is 0.0952. The standard InChI is InChI=1S/C12H15BrN4O2/c1-2-3-14-11(18)10-9(13)8-15-12(16-10)17-4-6-19-7-5-17/h2,8H,1,3-7H2,(H,14,18). The van der Waals surface area contributed by atoms with Crippen LogP contribution in [0.4, 0.5) is 5.95 Å². The third-order valence-electron chi connectivity index (χ3n) is 2.65. The number of rotatable bonds is 4. The summed E-state index contributed by atoms with van der Waals surface area (Å²) in [5.41, 5.74) is 0.332. The number of halogens is 1. The molecule has 2 rings (SSSR count). The van der Waals surface area contributed by atoms with Gasteiger partial charge >= 0.3 is 0 Å². The van der Waals surface area contributed by atoms with E-state index in [1.54, 1.807) is 12.3 Å². The number of hydrogen-bond acceptors (Lipinski definition) is 5. The van der Waals surface area contributed by atoms with Crippen molar-refractivity contribution in [2.75, 3.05) is 37.7 Å². The van der Waals surface area contributed by atoms with Crippen LogP contribution in [0.3, 0.4) is 0 Å². The zero-order valence-electron chi connectivity index (χ0n) is 10.4. The largest absolute Gasteiger partial charge is 0.378 e. The molecule has 1 aliphatic rings. The van der Waals surface area contributed by atoms with Gasteiger partial charge in [-0.05, 0) is 15.9 Å². The average molecular weight is 327 g/mol. The SMILES string of the molecule is C=CCNC(=O)c1nc(N2CCOCC2)ncc1Br. The molecule has 0 spiro atoms. The molecule has 0 aromatic carbocycles. The van der Waals surface area contributed by atoms with Crippen molar-refractivity contribution in [3.63, 3.8) is 0 Å². The molecule has 19 heavy (non-hydrogen) atoms. The fourth-order valence-corrected chi connectivity index (χ4v) is 2.05. The van der Waals surface area contributed by atoms with Crippen molar-refractivity contribution in [2.45, 2.75) is 0 Å².